The van der Waals surface area contributed by atoms with Crippen molar-refractivity contribution in [2.24, 2.45) is 0 Å². The van der Waals surface area contributed by atoms with Crippen LogP contribution in [-0.2, 0) is 4.79 Å². The lowest BCUT2D eigenvalue weighted by Crippen LogP contribution is -2.39. The molecule has 0 aliphatic carbocycles. The van der Waals surface area contributed by atoms with E-state index in [1.807, 2.05) is 10.8 Å². The van der Waals surface area contributed by atoms with Crippen LogP contribution in [0.25, 0.3) is 0 Å². The van der Waals surface area contributed by atoms with E-state index in [0.717, 1.165) is 29.9 Å². The van der Waals surface area contributed by atoms with E-state index >= 15 is 0 Å². The van der Waals surface area contributed by atoms with E-state index in [0.29, 0.717) is 11.9 Å². The van der Waals surface area contributed by atoms with E-state index in [-0.39, 0.29) is 0 Å². The quantitative estimate of drug-likeness (QED) is 0.572. The molecule has 3 atom stereocenters. The second-order valence-corrected chi connectivity index (χ2v) is 9.59. The fourth-order valence-corrected chi connectivity index (χ4v) is 7.52. The number of nitrogens with zero attached hydrogens (tertiary/aromatic N) is 1. The van der Waals surface area contributed by atoms with Crippen molar-refractivity contribution in [2.45, 2.75) is 55.1 Å². The van der Waals surface area contributed by atoms with Gasteiger partial charge in [0.1, 0.15) is 0 Å². The number of carbonyl (C=O) groups is 1. The molecule has 3 heterocycles. The van der Waals surface area contributed by atoms with Crippen molar-refractivity contribution in [3.8, 4) is 0 Å². The molecule has 3 fully saturated rings. The zero-order chi connectivity index (χ0) is 12.4. The Morgan fingerprint density at radius 2 is 2.28 bits per heavy atom. The van der Waals surface area contributed by atoms with Crippen LogP contribution in [0.5, 0.6) is 0 Å². The molecule has 2 bridgehead atoms. The highest BCUT2D eigenvalue weighted by Gasteiger charge is 2.40. The third-order valence-electron chi connectivity index (χ3n) is 4.11. The van der Waals surface area contributed by atoms with Crippen molar-refractivity contribution in [1.29, 1.82) is 0 Å². The molecular formula is C13H21NOS3. The lowest BCUT2D eigenvalue weighted by Gasteiger charge is -2.26. The van der Waals surface area contributed by atoms with Crippen LogP contribution in [0.2, 0.25) is 0 Å². The molecule has 3 rings (SSSR count). The number of hydrogen-bond donors (Lipinski definition) is 0. The van der Waals surface area contributed by atoms with Gasteiger partial charge in [-0.15, -0.1) is 0 Å². The molecule has 0 radical (unpaired) electrons. The molecular weight excluding hydrogens is 282 g/mol. The minimum absolute atomic E-state index is 0.427. The second kappa shape index (κ2) is 6.31. The Bertz CT molecular complexity index is 307. The van der Waals surface area contributed by atoms with Gasteiger partial charge in [0.2, 0.25) is 5.91 Å². The Balaban J connectivity index is 1.32. The first-order valence-electron chi connectivity index (χ1n) is 7.02. The predicted octanol–water partition coefficient (Wildman–Crippen LogP) is 3.42. The zero-order valence-corrected chi connectivity index (χ0v) is 13.1. The van der Waals surface area contributed by atoms with Gasteiger partial charge in [-0.05, 0) is 25.7 Å². The van der Waals surface area contributed by atoms with Gasteiger partial charge in [0, 0.05) is 41.0 Å². The summed E-state index contributed by atoms with van der Waals surface area (Å²) in [5.74, 6) is 2.94. The van der Waals surface area contributed by atoms with Gasteiger partial charge in [0.15, 0.2) is 0 Å². The fourth-order valence-electron chi connectivity index (χ4n) is 3.06. The van der Waals surface area contributed by atoms with Gasteiger partial charge in [-0.25, -0.2) is 0 Å². The van der Waals surface area contributed by atoms with Crippen molar-refractivity contribution in [1.82, 2.24) is 4.90 Å². The van der Waals surface area contributed by atoms with Gasteiger partial charge < -0.3 is 4.90 Å². The standard InChI is InChI=1S/C13H21NOS3/c15-13(14-8-12-7-10(14)9-16-12)4-2-1-3-11-5-6-17-18-11/h10-12H,1-9H2/t10-,11+,12+/m0/s1. The molecule has 1 amide bonds. The molecule has 0 unspecified atom stereocenters. The maximum Gasteiger partial charge on any atom is 0.222 e. The van der Waals surface area contributed by atoms with E-state index in [9.17, 15) is 4.79 Å². The summed E-state index contributed by atoms with van der Waals surface area (Å²) in [5.41, 5.74) is 0. The summed E-state index contributed by atoms with van der Waals surface area (Å²) in [7, 11) is 4.07. The highest BCUT2D eigenvalue weighted by atomic mass is 33.1. The molecule has 0 aromatic rings. The van der Waals surface area contributed by atoms with Crippen LogP contribution in [-0.4, -0.2) is 45.4 Å². The van der Waals surface area contributed by atoms with Crippen molar-refractivity contribution >= 4 is 39.3 Å². The first-order valence-corrected chi connectivity index (χ1v) is 10.5. The lowest BCUT2D eigenvalue weighted by atomic mass is 10.1. The normalized spacial score (nSPS) is 34.4. The van der Waals surface area contributed by atoms with Crippen LogP contribution in [0.4, 0.5) is 0 Å². The Kier molecular flexibility index (Phi) is 4.74. The van der Waals surface area contributed by atoms with Crippen LogP contribution in [0.1, 0.15) is 38.5 Å². The summed E-state index contributed by atoms with van der Waals surface area (Å²) >= 11 is 2.06. The van der Waals surface area contributed by atoms with Crippen LogP contribution in [0.15, 0.2) is 0 Å². The monoisotopic (exact) mass is 303 g/mol. The van der Waals surface area contributed by atoms with Crippen molar-refractivity contribution in [3.63, 3.8) is 0 Å². The van der Waals surface area contributed by atoms with Crippen molar-refractivity contribution < 1.29 is 4.79 Å². The summed E-state index contributed by atoms with van der Waals surface area (Å²) in [5, 5.41) is 1.62. The SMILES string of the molecule is O=C(CCCC[C@@H]1CCSS1)N1C[C@H]2C[C@H]1CS2. The predicted molar refractivity (Wildman–Crippen MR) is 83.3 cm³/mol. The maximum absolute atomic E-state index is 12.1. The average Bonchev–Trinajstić information content (AvgIpc) is 3.10. The molecule has 3 saturated heterocycles. The molecule has 0 saturated carbocycles. The largest absolute Gasteiger partial charge is 0.338 e. The van der Waals surface area contributed by atoms with Gasteiger partial charge in [-0.3, -0.25) is 4.79 Å². The van der Waals surface area contributed by atoms with E-state index in [4.69, 9.17) is 0 Å². The molecule has 0 aromatic heterocycles. The highest BCUT2D eigenvalue weighted by Crippen LogP contribution is 2.40. The molecule has 3 aliphatic heterocycles. The molecule has 5 heteroatoms. The highest BCUT2D eigenvalue weighted by molar-refractivity contribution is 8.77. The number of carbonyl (C=O) groups excluding carboxylic acids is 1. The van der Waals surface area contributed by atoms with Crippen LogP contribution >= 0.6 is 33.3 Å². The van der Waals surface area contributed by atoms with E-state index < -0.39 is 0 Å². The molecule has 0 N–H and O–H groups in total. The Morgan fingerprint density at radius 1 is 1.33 bits per heavy atom. The Labute approximate surface area is 122 Å². The number of likely N-dealkylation sites (tertiary alicyclic amines) is 1. The van der Waals surface area contributed by atoms with Crippen LogP contribution in [0, 0.1) is 0 Å². The lowest BCUT2D eigenvalue weighted by molar-refractivity contribution is -0.131. The second-order valence-electron chi connectivity index (χ2n) is 5.47. The molecule has 102 valence electrons. The minimum atomic E-state index is 0.427. The number of unbranched alkanes of at least 4 members (excludes halogenated alkanes) is 1. The van der Waals surface area contributed by atoms with Gasteiger partial charge in [-0.1, -0.05) is 28.0 Å². The number of thioether (sulfide) groups is 1. The zero-order valence-electron chi connectivity index (χ0n) is 10.7. The Hall–Kier alpha value is 0.520. The van der Waals surface area contributed by atoms with Crippen LogP contribution < -0.4 is 0 Å². The number of amides is 1. The number of hydrogen-bond acceptors (Lipinski definition) is 4. The minimum Gasteiger partial charge on any atom is -0.338 e. The summed E-state index contributed by atoms with van der Waals surface area (Å²) in [6, 6.07) is 0.578. The summed E-state index contributed by atoms with van der Waals surface area (Å²) in [4.78, 5) is 14.3. The molecule has 0 aromatic carbocycles. The van der Waals surface area contributed by atoms with Gasteiger partial charge in [-0.2, -0.15) is 11.8 Å². The number of rotatable bonds is 5. The third-order valence-corrected chi connectivity index (χ3v) is 8.51. The van der Waals surface area contributed by atoms with E-state index in [1.165, 1.54) is 37.2 Å². The van der Waals surface area contributed by atoms with Crippen molar-refractivity contribution in [2.75, 3.05) is 18.1 Å². The van der Waals surface area contributed by atoms with E-state index in [1.54, 1.807) is 0 Å². The smallest absolute Gasteiger partial charge is 0.222 e. The first-order chi connectivity index (χ1) is 8.83. The third kappa shape index (κ3) is 3.15. The maximum atomic E-state index is 12.1. The summed E-state index contributed by atoms with van der Waals surface area (Å²) in [6.45, 7) is 1.03. The summed E-state index contributed by atoms with van der Waals surface area (Å²) in [6.07, 6.45) is 7.07. The molecule has 3 aliphatic rings. The van der Waals surface area contributed by atoms with Crippen LogP contribution in [0.3, 0.4) is 0 Å². The summed E-state index contributed by atoms with van der Waals surface area (Å²) < 4.78 is 0. The van der Waals surface area contributed by atoms with Gasteiger partial charge >= 0.3 is 0 Å². The average molecular weight is 304 g/mol. The van der Waals surface area contributed by atoms with Gasteiger partial charge in [0.25, 0.3) is 0 Å². The van der Waals surface area contributed by atoms with E-state index in [2.05, 4.69) is 27.5 Å². The van der Waals surface area contributed by atoms with Crippen molar-refractivity contribution in [3.05, 3.63) is 0 Å². The molecule has 18 heavy (non-hydrogen) atoms. The topological polar surface area (TPSA) is 20.3 Å². The number of fused-ring (bicyclic) bond motifs is 2. The Morgan fingerprint density at radius 3 is 2.94 bits per heavy atom. The first kappa shape index (κ1) is 13.5. The molecule has 2 nitrogen and oxygen atoms in total. The molecule has 0 spiro atoms. The fraction of sp³-hybridized carbons (Fsp3) is 0.923. The van der Waals surface area contributed by atoms with Gasteiger partial charge in [0.05, 0.1) is 0 Å².